The van der Waals surface area contributed by atoms with Crippen LogP contribution in [0.4, 0.5) is 4.39 Å². The van der Waals surface area contributed by atoms with Crippen molar-refractivity contribution in [1.82, 2.24) is 0 Å². The number of benzene rings is 1. The highest BCUT2D eigenvalue weighted by atomic mass is 32.1. The lowest BCUT2D eigenvalue weighted by Crippen LogP contribution is -2.16. The molecule has 0 amide bonds. The predicted octanol–water partition coefficient (Wildman–Crippen LogP) is 3.42. The number of hydrogen-bond acceptors (Lipinski definition) is 2. The van der Waals surface area contributed by atoms with Gasteiger partial charge in [0.15, 0.2) is 0 Å². The molecular weight excluding hydrogens is 249 g/mol. The lowest BCUT2D eigenvalue weighted by atomic mass is 9.90. The first kappa shape index (κ1) is 13.3. The second kappa shape index (κ2) is 6.14. The van der Waals surface area contributed by atoms with E-state index in [4.69, 9.17) is 22.7 Å². The van der Waals surface area contributed by atoms with Gasteiger partial charge in [0, 0.05) is 11.6 Å². The predicted molar refractivity (Wildman–Crippen MR) is 74.4 cm³/mol. The Morgan fingerprint density at radius 3 is 2.67 bits per heavy atom. The van der Waals surface area contributed by atoms with Crippen LogP contribution in [0.2, 0.25) is 0 Å². The number of nitrogens with two attached hydrogens (primary N) is 1. The van der Waals surface area contributed by atoms with Crippen LogP contribution in [0.25, 0.3) is 0 Å². The molecule has 0 bridgehead atoms. The Balaban J connectivity index is 1.93. The number of rotatable bonds is 4. The first-order chi connectivity index (χ1) is 8.66. The maximum absolute atomic E-state index is 13.6. The van der Waals surface area contributed by atoms with Gasteiger partial charge in [0.1, 0.15) is 16.6 Å². The minimum atomic E-state index is -0.413. The highest BCUT2D eigenvalue weighted by Gasteiger charge is 2.14. The highest BCUT2D eigenvalue weighted by molar-refractivity contribution is 7.80. The Morgan fingerprint density at radius 1 is 1.33 bits per heavy atom. The molecule has 1 aromatic carbocycles. The van der Waals surface area contributed by atoms with Crippen LogP contribution < -0.4 is 10.5 Å². The van der Waals surface area contributed by atoms with E-state index in [2.05, 4.69) is 0 Å². The zero-order valence-corrected chi connectivity index (χ0v) is 11.1. The lowest BCUT2D eigenvalue weighted by molar-refractivity contribution is 0.208. The van der Waals surface area contributed by atoms with Gasteiger partial charge in [0.05, 0.1) is 6.61 Å². The van der Waals surface area contributed by atoms with Crippen molar-refractivity contribution in [2.75, 3.05) is 6.61 Å². The van der Waals surface area contributed by atoms with Crippen LogP contribution in [0.5, 0.6) is 5.75 Å². The third kappa shape index (κ3) is 3.42. The Morgan fingerprint density at radius 2 is 2.06 bits per heavy atom. The smallest absolute Gasteiger partial charge is 0.137 e. The number of ether oxygens (including phenoxy) is 1. The molecule has 98 valence electrons. The summed E-state index contributed by atoms with van der Waals surface area (Å²) in [5.41, 5.74) is 5.68. The molecule has 0 radical (unpaired) electrons. The van der Waals surface area contributed by atoms with Crippen molar-refractivity contribution in [2.24, 2.45) is 11.7 Å². The Bertz CT molecular complexity index is 430. The Kier molecular flexibility index (Phi) is 4.53. The van der Waals surface area contributed by atoms with Gasteiger partial charge in [-0.3, -0.25) is 0 Å². The summed E-state index contributed by atoms with van der Waals surface area (Å²) in [6, 6.07) is 4.66. The molecule has 0 aliphatic heterocycles. The van der Waals surface area contributed by atoms with Gasteiger partial charge < -0.3 is 10.5 Å². The summed E-state index contributed by atoms with van der Waals surface area (Å²) in [6.45, 7) is 0.672. The molecule has 2 N–H and O–H groups in total. The van der Waals surface area contributed by atoms with Gasteiger partial charge in [0.25, 0.3) is 0 Å². The molecule has 0 spiro atoms. The van der Waals surface area contributed by atoms with Gasteiger partial charge >= 0.3 is 0 Å². The van der Waals surface area contributed by atoms with Crippen LogP contribution in [-0.4, -0.2) is 11.6 Å². The third-order valence-corrected chi connectivity index (χ3v) is 3.64. The van der Waals surface area contributed by atoms with Gasteiger partial charge in [-0.2, -0.15) is 0 Å². The summed E-state index contributed by atoms with van der Waals surface area (Å²) in [5.74, 6) is 0.749. The van der Waals surface area contributed by atoms with E-state index in [-0.39, 0.29) is 10.6 Å². The molecule has 1 aliphatic rings. The molecule has 0 aromatic heterocycles. The average molecular weight is 267 g/mol. The van der Waals surface area contributed by atoms with Crippen LogP contribution in [0.3, 0.4) is 0 Å². The maximum Gasteiger partial charge on any atom is 0.137 e. The summed E-state index contributed by atoms with van der Waals surface area (Å²) < 4.78 is 19.3. The Hall–Kier alpha value is -1.16. The molecule has 2 nitrogen and oxygen atoms in total. The van der Waals surface area contributed by atoms with Crippen molar-refractivity contribution < 1.29 is 9.13 Å². The van der Waals surface area contributed by atoms with Crippen molar-refractivity contribution in [1.29, 1.82) is 0 Å². The van der Waals surface area contributed by atoms with E-state index >= 15 is 0 Å². The molecule has 0 unspecified atom stereocenters. The topological polar surface area (TPSA) is 35.2 Å². The summed E-state index contributed by atoms with van der Waals surface area (Å²) in [6.07, 6.45) is 6.32. The van der Waals surface area contributed by atoms with E-state index in [1.807, 2.05) is 0 Å². The third-order valence-electron chi connectivity index (χ3n) is 3.42. The summed E-state index contributed by atoms with van der Waals surface area (Å²) in [5, 5.41) is 0. The highest BCUT2D eigenvalue weighted by Crippen LogP contribution is 2.25. The minimum Gasteiger partial charge on any atom is -0.493 e. The molecular formula is C14H18FNOS. The monoisotopic (exact) mass is 267 g/mol. The van der Waals surface area contributed by atoms with Crippen molar-refractivity contribution in [2.45, 2.75) is 32.1 Å². The fraction of sp³-hybridized carbons (Fsp3) is 0.500. The first-order valence-corrected chi connectivity index (χ1v) is 6.80. The second-order valence-electron chi connectivity index (χ2n) is 4.82. The molecule has 1 aromatic rings. The Labute approximate surface area is 112 Å². The van der Waals surface area contributed by atoms with Gasteiger partial charge in [-0.05, 0) is 30.9 Å². The lowest BCUT2D eigenvalue weighted by Gasteiger charge is -2.21. The van der Waals surface area contributed by atoms with Crippen LogP contribution in [-0.2, 0) is 0 Å². The van der Waals surface area contributed by atoms with Gasteiger partial charge in [-0.1, -0.05) is 31.5 Å². The van der Waals surface area contributed by atoms with Crippen LogP contribution >= 0.6 is 12.2 Å². The van der Waals surface area contributed by atoms with E-state index in [0.717, 1.165) is 0 Å². The van der Waals surface area contributed by atoms with Crippen LogP contribution in [0, 0.1) is 11.7 Å². The molecule has 0 atom stereocenters. The fourth-order valence-corrected chi connectivity index (χ4v) is 2.52. The zero-order valence-electron chi connectivity index (χ0n) is 10.3. The molecule has 2 rings (SSSR count). The van der Waals surface area contributed by atoms with E-state index in [1.165, 1.54) is 38.2 Å². The summed E-state index contributed by atoms with van der Waals surface area (Å²) in [4.78, 5) is 0.0753. The van der Waals surface area contributed by atoms with Crippen LogP contribution in [0.1, 0.15) is 37.7 Å². The molecule has 1 fully saturated rings. The van der Waals surface area contributed by atoms with Gasteiger partial charge in [0.2, 0.25) is 0 Å². The number of hydrogen-bond donors (Lipinski definition) is 1. The average Bonchev–Trinajstić information content (AvgIpc) is 2.37. The summed E-state index contributed by atoms with van der Waals surface area (Å²) >= 11 is 4.76. The molecule has 4 heteroatoms. The maximum atomic E-state index is 13.6. The van der Waals surface area contributed by atoms with E-state index < -0.39 is 5.82 Å². The van der Waals surface area contributed by atoms with Crippen molar-refractivity contribution in [3.05, 3.63) is 29.6 Å². The van der Waals surface area contributed by atoms with E-state index in [0.29, 0.717) is 18.3 Å². The fourth-order valence-electron chi connectivity index (χ4n) is 2.35. The van der Waals surface area contributed by atoms with Gasteiger partial charge in [-0.25, -0.2) is 4.39 Å². The van der Waals surface area contributed by atoms with Crippen molar-refractivity contribution >= 4 is 17.2 Å². The second-order valence-corrected chi connectivity index (χ2v) is 5.26. The minimum absolute atomic E-state index is 0.0753. The standard InChI is InChI=1S/C14H18FNOS/c15-13-8-11(6-7-12(13)14(16)18)17-9-10-4-2-1-3-5-10/h6-8,10H,1-5,9H2,(H2,16,18). The summed E-state index contributed by atoms with van der Waals surface area (Å²) in [7, 11) is 0. The molecule has 0 saturated heterocycles. The first-order valence-electron chi connectivity index (χ1n) is 6.39. The molecule has 1 aliphatic carbocycles. The van der Waals surface area contributed by atoms with E-state index in [1.54, 1.807) is 12.1 Å². The largest absolute Gasteiger partial charge is 0.493 e. The van der Waals surface area contributed by atoms with Crippen LogP contribution in [0.15, 0.2) is 18.2 Å². The molecule has 1 saturated carbocycles. The number of thiocarbonyl (C=S) groups is 1. The van der Waals surface area contributed by atoms with E-state index in [9.17, 15) is 4.39 Å². The SMILES string of the molecule is NC(=S)c1ccc(OCC2CCCCC2)cc1F. The van der Waals surface area contributed by atoms with Crippen molar-refractivity contribution in [3.63, 3.8) is 0 Å². The molecule has 0 heterocycles. The quantitative estimate of drug-likeness (QED) is 0.849. The normalized spacial score (nSPS) is 16.5. The number of halogens is 1. The van der Waals surface area contributed by atoms with Gasteiger partial charge in [-0.15, -0.1) is 0 Å². The van der Waals surface area contributed by atoms with Crippen molar-refractivity contribution in [3.8, 4) is 5.75 Å². The molecule has 18 heavy (non-hydrogen) atoms. The zero-order chi connectivity index (χ0) is 13.0.